The summed E-state index contributed by atoms with van der Waals surface area (Å²) in [5.74, 6) is -0.341. The molecule has 1 heterocycles. The number of hydrogen-bond donors (Lipinski definition) is 0. The number of hydrogen-bond acceptors (Lipinski definition) is 2. The van der Waals surface area contributed by atoms with Gasteiger partial charge in [0.15, 0.2) is 0 Å². The molecule has 3 nitrogen and oxygen atoms in total. The van der Waals surface area contributed by atoms with Crippen LogP contribution in [0.25, 0.3) is 11.0 Å². The Kier molecular flexibility index (Phi) is 3.36. The quantitative estimate of drug-likeness (QED) is 0.721. The molecule has 0 radical (unpaired) electrons. The first-order valence-corrected chi connectivity index (χ1v) is 6.83. The Bertz CT molecular complexity index is 845. The molecule has 20 heavy (non-hydrogen) atoms. The summed E-state index contributed by atoms with van der Waals surface area (Å²) in [5.41, 5.74) is 1.63. The molecule has 0 spiro atoms. The second-order valence-electron chi connectivity index (χ2n) is 4.41. The summed E-state index contributed by atoms with van der Waals surface area (Å²) in [6.45, 7) is 0.182. The van der Waals surface area contributed by atoms with E-state index in [1.54, 1.807) is 18.2 Å². The number of fused-ring (bicyclic) bond motifs is 1. The van der Waals surface area contributed by atoms with Gasteiger partial charge in [-0.2, -0.15) is 0 Å². The maximum absolute atomic E-state index is 13.9. The van der Waals surface area contributed by atoms with Crippen molar-refractivity contribution in [3.63, 3.8) is 0 Å². The lowest BCUT2D eigenvalue weighted by atomic mass is 10.2. The number of rotatable bonds is 2. The van der Waals surface area contributed by atoms with Gasteiger partial charge in [0.05, 0.1) is 23.8 Å². The summed E-state index contributed by atoms with van der Waals surface area (Å²) in [7, 11) is 0. The van der Waals surface area contributed by atoms with E-state index in [-0.39, 0.29) is 17.9 Å². The topological polar surface area (TPSA) is 34.9 Å². The fraction of sp³-hybridized carbons (Fsp3) is 0.0667. The van der Waals surface area contributed by atoms with Crippen LogP contribution in [0.15, 0.2) is 57.9 Å². The van der Waals surface area contributed by atoms with Gasteiger partial charge in [-0.1, -0.05) is 34.1 Å². The largest absolute Gasteiger partial charge is 0.301 e. The fourth-order valence-electron chi connectivity index (χ4n) is 2.10. The van der Waals surface area contributed by atoms with Crippen molar-refractivity contribution in [1.29, 1.82) is 0 Å². The molecular weight excluding hydrogens is 323 g/mol. The fourth-order valence-corrected chi connectivity index (χ4v) is 2.43. The first-order chi connectivity index (χ1) is 9.65. The van der Waals surface area contributed by atoms with Crippen LogP contribution in [0.5, 0.6) is 0 Å². The Labute approximate surface area is 122 Å². The van der Waals surface area contributed by atoms with E-state index in [9.17, 15) is 9.18 Å². The summed E-state index contributed by atoms with van der Waals surface area (Å²) in [5, 5.41) is 0. The maximum atomic E-state index is 13.9. The van der Waals surface area contributed by atoms with Crippen molar-refractivity contribution in [1.82, 2.24) is 9.55 Å². The molecule has 3 rings (SSSR count). The van der Waals surface area contributed by atoms with E-state index in [4.69, 9.17) is 0 Å². The molecule has 0 bridgehead atoms. The highest BCUT2D eigenvalue weighted by atomic mass is 79.9. The number of halogens is 2. The van der Waals surface area contributed by atoms with Crippen LogP contribution in [-0.4, -0.2) is 9.55 Å². The average molecular weight is 333 g/mol. The van der Waals surface area contributed by atoms with E-state index in [1.807, 2.05) is 18.2 Å². The van der Waals surface area contributed by atoms with Crippen LogP contribution in [0.3, 0.4) is 0 Å². The minimum atomic E-state index is -0.341. The summed E-state index contributed by atoms with van der Waals surface area (Å²) in [4.78, 5) is 16.1. The molecule has 5 heteroatoms. The van der Waals surface area contributed by atoms with Crippen LogP contribution in [-0.2, 0) is 6.54 Å². The number of nitrogens with zero attached hydrogens (tertiary/aromatic N) is 2. The molecule has 1 aromatic heterocycles. The number of benzene rings is 2. The lowest BCUT2D eigenvalue weighted by Gasteiger charge is -2.10. The molecule has 0 saturated carbocycles. The van der Waals surface area contributed by atoms with Crippen LogP contribution in [0.4, 0.5) is 4.39 Å². The summed E-state index contributed by atoms with van der Waals surface area (Å²) in [6.07, 6.45) is 1.26. The smallest absolute Gasteiger partial charge is 0.269 e. The molecule has 0 aliphatic rings. The lowest BCUT2D eigenvalue weighted by Crippen LogP contribution is -2.21. The van der Waals surface area contributed by atoms with E-state index in [0.29, 0.717) is 21.1 Å². The highest BCUT2D eigenvalue weighted by Crippen LogP contribution is 2.17. The minimum Gasteiger partial charge on any atom is -0.301 e. The maximum Gasteiger partial charge on any atom is 0.269 e. The molecule has 100 valence electrons. The minimum absolute atomic E-state index is 0.182. The number of aromatic nitrogens is 2. The Balaban J connectivity index is 2.15. The Morgan fingerprint density at radius 1 is 1.20 bits per heavy atom. The van der Waals surface area contributed by atoms with Crippen LogP contribution in [0, 0.1) is 5.82 Å². The van der Waals surface area contributed by atoms with Crippen molar-refractivity contribution < 1.29 is 4.39 Å². The van der Waals surface area contributed by atoms with Crippen LogP contribution in [0.1, 0.15) is 5.56 Å². The first kappa shape index (κ1) is 13.0. The highest BCUT2D eigenvalue weighted by Gasteiger charge is 2.08. The van der Waals surface area contributed by atoms with E-state index >= 15 is 0 Å². The molecule has 0 amide bonds. The lowest BCUT2D eigenvalue weighted by molar-refractivity contribution is 0.598. The molecule has 0 aliphatic carbocycles. The average Bonchev–Trinajstić information content (AvgIpc) is 2.44. The second kappa shape index (κ2) is 5.17. The third kappa shape index (κ3) is 2.36. The summed E-state index contributed by atoms with van der Waals surface area (Å²) >= 11 is 3.22. The SMILES string of the molecule is O=c1cnc2ccccc2n1Cc1ccc(Br)cc1F. The summed E-state index contributed by atoms with van der Waals surface area (Å²) < 4.78 is 16.1. The van der Waals surface area contributed by atoms with Crippen LogP contribution >= 0.6 is 15.9 Å². The van der Waals surface area contributed by atoms with Crippen molar-refractivity contribution >= 4 is 27.0 Å². The molecular formula is C15H10BrFN2O. The van der Waals surface area contributed by atoms with Crippen LogP contribution in [0.2, 0.25) is 0 Å². The molecule has 3 aromatic rings. The Hall–Kier alpha value is -2.01. The van der Waals surface area contributed by atoms with Crippen LogP contribution < -0.4 is 5.56 Å². The molecule has 0 atom stereocenters. The Morgan fingerprint density at radius 3 is 2.80 bits per heavy atom. The molecule has 0 unspecified atom stereocenters. The highest BCUT2D eigenvalue weighted by molar-refractivity contribution is 9.10. The zero-order chi connectivity index (χ0) is 14.1. The molecule has 0 saturated heterocycles. The van der Waals surface area contributed by atoms with Crippen molar-refractivity contribution in [3.8, 4) is 0 Å². The monoisotopic (exact) mass is 332 g/mol. The van der Waals surface area contributed by atoms with Gasteiger partial charge in [0.2, 0.25) is 0 Å². The zero-order valence-corrected chi connectivity index (χ0v) is 12.0. The van der Waals surface area contributed by atoms with Crippen molar-refractivity contribution in [2.75, 3.05) is 0 Å². The standard InChI is InChI=1S/C15H10BrFN2O/c16-11-6-5-10(12(17)7-11)9-19-14-4-2-1-3-13(14)18-8-15(19)20/h1-8H,9H2. The van der Waals surface area contributed by atoms with Crippen molar-refractivity contribution in [3.05, 3.63) is 74.9 Å². The summed E-state index contributed by atoms with van der Waals surface area (Å²) in [6, 6.07) is 12.1. The third-order valence-electron chi connectivity index (χ3n) is 3.10. The molecule has 2 aromatic carbocycles. The predicted octanol–water partition coefficient (Wildman–Crippen LogP) is 3.35. The van der Waals surface area contributed by atoms with Crippen molar-refractivity contribution in [2.45, 2.75) is 6.54 Å². The first-order valence-electron chi connectivity index (χ1n) is 6.03. The van der Waals surface area contributed by atoms with E-state index in [2.05, 4.69) is 20.9 Å². The van der Waals surface area contributed by atoms with Gasteiger partial charge in [-0.3, -0.25) is 4.79 Å². The van der Waals surface area contributed by atoms with Gasteiger partial charge in [0, 0.05) is 10.0 Å². The van der Waals surface area contributed by atoms with Gasteiger partial charge in [-0.25, -0.2) is 9.37 Å². The molecule has 0 aliphatic heterocycles. The number of para-hydroxylation sites is 2. The Morgan fingerprint density at radius 2 is 2.00 bits per heavy atom. The van der Waals surface area contributed by atoms with Gasteiger partial charge >= 0.3 is 0 Å². The van der Waals surface area contributed by atoms with Gasteiger partial charge < -0.3 is 4.57 Å². The molecule has 0 N–H and O–H groups in total. The zero-order valence-electron chi connectivity index (χ0n) is 10.4. The predicted molar refractivity (Wildman–Crippen MR) is 79.2 cm³/mol. The van der Waals surface area contributed by atoms with E-state index in [0.717, 1.165) is 0 Å². The second-order valence-corrected chi connectivity index (χ2v) is 5.32. The molecule has 0 fully saturated rings. The van der Waals surface area contributed by atoms with Crippen molar-refractivity contribution in [2.24, 2.45) is 0 Å². The van der Waals surface area contributed by atoms with Gasteiger partial charge in [0.1, 0.15) is 5.82 Å². The van der Waals surface area contributed by atoms with E-state index in [1.165, 1.54) is 16.8 Å². The normalized spacial score (nSPS) is 10.9. The van der Waals surface area contributed by atoms with Gasteiger partial charge in [-0.15, -0.1) is 0 Å². The van der Waals surface area contributed by atoms with Gasteiger partial charge in [-0.05, 0) is 24.3 Å². The third-order valence-corrected chi connectivity index (χ3v) is 3.59. The van der Waals surface area contributed by atoms with E-state index < -0.39 is 0 Å². The van der Waals surface area contributed by atoms with Gasteiger partial charge in [0.25, 0.3) is 5.56 Å².